The highest BCUT2D eigenvalue weighted by atomic mass is 19.1. The van der Waals surface area contributed by atoms with E-state index in [0.29, 0.717) is 5.82 Å². The first-order valence-corrected chi connectivity index (χ1v) is 9.88. The number of para-hydroxylation sites is 1. The molecule has 0 fully saturated rings. The van der Waals surface area contributed by atoms with Gasteiger partial charge < -0.3 is 20.2 Å². The number of fused-ring (bicyclic) bond motifs is 1. The van der Waals surface area contributed by atoms with Crippen molar-refractivity contribution in [1.29, 1.82) is 0 Å². The summed E-state index contributed by atoms with van der Waals surface area (Å²) in [6.07, 6.45) is 0.482. The number of pyridine rings is 1. The van der Waals surface area contributed by atoms with Crippen molar-refractivity contribution in [2.24, 2.45) is 0 Å². The van der Waals surface area contributed by atoms with Gasteiger partial charge in [0.1, 0.15) is 11.6 Å². The Hall–Kier alpha value is -3.29. The van der Waals surface area contributed by atoms with Gasteiger partial charge in [-0.25, -0.2) is 9.37 Å². The first kappa shape index (κ1) is 22.4. The Balaban J connectivity index is 2.12. The Morgan fingerprint density at radius 2 is 1.81 bits per heavy atom. The van der Waals surface area contributed by atoms with Gasteiger partial charge in [0.25, 0.3) is 0 Å². The Morgan fingerprint density at radius 3 is 2.45 bits per heavy atom. The summed E-state index contributed by atoms with van der Waals surface area (Å²) in [5.74, 6) is -0.807. The molecule has 0 radical (unpaired) electrons. The van der Waals surface area contributed by atoms with Gasteiger partial charge in [0.15, 0.2) is 0 Å². The fourth-order valence-electron chi connectivity index (χ4n) is 3.49. The molecular weight excluding hydrogens is 399 g/mol. The van der Waals surface area contributed by atoms with E-state index in [2.05, 4.69) is 0 Å². The molecule has 0 saturated heterocycles. The third-order valence-electron chi connectivity index (χ3n) is 4.88. The summed E-state index contributed by atoms with van der Waals surface area (Å²) in [5.41, 5.74) is 3.13. The SMILES string of the molecule is CN(C)c1nc2ccccc2c(-c2ccc(F)cc2)c1/C=C/[C@H](O)C[C@H](O)CC(=O)O. The maximum Gasteiger partial charge on any atom is 0.305 e. The number of hydrogen-bond acceptors (Lipinski definition) is 5. The van der Waals surface area contributed by atoms with E-state index >= 15 is 0 Å². The summed E-state index contributed by atoms with van der Waals surface area (Å²) in [7, 11) is 3.71. The predicted molar refractivity (Wildman–Crippen MR) is 119 cm³/mol. The van der Waals surface area contributed by atoms with Crippen LogP contribution in [0.3, 0.4) is 0 Å². The lowest BCUT2D eigenvalue weighted by Gasteiger charge is -2.20. The minimum absolute atomic E-state index is 0.104. The molecule has 2 aromatic carbocycles. The molecule has 0 unspecified atom stereocenters. The number of aromatic nitrogens is 1. The van der Waals surface area contributed by atoms with Crippen molar-refractivity contribution in [3.8, 4) is 11.1 Å². The van der Waals surface area contributed by atoms with Crippen LogP contribution in [-0.4, -0.2) is 52.6 Å². The van der Waals surface area contributed by atoms with Crippen molar-refractivity contribution < 1.29 is 24.5 Å². The third-order valence-corrected chi connectivity index (χ3v) is 4.88. The molecule has 0 saturated carbocycles. The molecule has 0 aliphatic heterocycles. The average Bonchev–Trinajstić information content (AvgIpc) is 2.71. The largest absolute Gasteiger partial charge is 0.481 e. The lowest BCUT2D eigenvalue weighted by Crippen LogP contribution is -2.19. The van der Waals surface area contributed by atoms with Gasteiger partial charge in [-0.15, -0.1) is 0 Å². The Morgan fingerprint density at radius 1 is 1.13 bits per heavy atom. The van der Waals surface area contributed by atoms with Gasteiger partial charge in [-0.05, 0) is 23.8 Å². The summed E-state index contributed by atoms with van der Waals surface area (Å²) in [4.78, 5) is 17.3. The van der Waals surface area contributed by atoms with Gasteiger partial charge in [0.05, 0.1) is 24.1 Å². The number of carbonyl (C=O) groups is 1. The number of rotatable bonds is 8. The molecule has 6 nitrogen and oxygen atoms in total. The van der Waals surface area contributed by atoms with Gasteiger partial charge in [0.2, 0.25) is 0 Å². The Bertz CT molecular complexity index is 1100. The molecule has 0 spiro atoms. The first-order valence-electron chi connectivity index (χ1n) is 9.88. The molecule has 7 heteroatoms. The minimum Gasteiger partial charge on any atom is -0.481 e. The molecule has 1 heterocycles. The third kappa shape index (κ3) is 5.45. The lowest BCUT2D eigenvalue weighted by molar-refractivity contribution is -0.139. The minimum atomic E-state index is -1.16. The molecule has 0 aliphatic carbocycles. The molecule has 162 valence electrons. The van der Waals surface area contributed by atoms with Crippen LogP contribution in [0.1, 0.15) is 18.4 Å². The predicted octanol–water partition coefficient (Wildman–Crippen LogP) is 3.71. The monoisotopic (exact) mass is 424 g/mol. The molecular formula is C24H25FN2O4. The Kier molecular flexibility index (Phi) is 6.99. The van der Waals surface area contributed by atoms with Gasteiger partial charge in [-0.2, -0.15) is 0 Å². The number of aliphatic hydroxyl groups excluding tert-OH is 2. The van der Waals surface area contributed by atoms with Gasteiger partial charge in [-0.1, -0.05) is 42.5 Å². The van der Waals surface area contributed by atoms with Crippen molar-refractivity contribution in [3.05, 3.63) is 66.0 Å². The molecule has 1 aromatic heterocycles. The second kappa shape index (κ2) is 9.68. The van der Waals surface area contributed by atoms with Crippen LogP contribution in [0.15, 0.2) is 54.6 Å². The molecule has 2 atom stereocenters. The molecule has 3 rings (SSSR count). The number of carboxylic acids is 1. The summed E-state index contributed by atoms with van der Waals surface area (Å²) in [5, 5.41) is 29.8. The van der Waals surface area contributed by atoms with Crippen LogP contribution in [0.25, 0.3) is 28.1 Å². The highest BCUT2D eigenvalue weighted by Gasteiger charge is 2.18. The van der Waals surface area contributed by atoms with E-state index in [1.807, 2.05) is 43.3 Å². The first-order chi connectivity index (χ1) is 14.8. The molecule has 0 bridgehead atoms. The number of anilines is 1. The van der Waals surface area contributed by atoms with Gasteiger partial charge in [-0.3, -0.25) is 4.79 Å². The van der Waals surface area contributed by atoms with Gasteiger partial charge in [0, 0.05) is 37.0 Å². The summed E-state index contributed by atoms with van der Waals surface area (Å²) in [6.45, 7) is 0. The number of carboxylic acid groups (broad SMARTS) is 1. The van der Waals surface area contributed by atoms with Crippen molar-refractivity contribution in [3.63, 3.8) is 0 Å². The van der Waals surface area contributed by atoms with E-state index in [0.717, 1.165) is 27.6 Å². The van der Waals surface area contributed by atoms with Crippen LogP contribution in [0.2, 0.25) is 0 Å². The normalized spacial score (nSPS) is 13.5. The smallest absolute Gasteiger partial charge is 0.305 e. The highest BCUT2D eigenvalue weighted by Crippen LogP contribution is 2.37. The quantitative estimate of drug-likeness (QED) is 0.510. The zero-order chi connectivity index (χ0) is 22.5. The van der Waals surface area contributed by atoms with E-state index in [1.54, 1.807) is 18.2 Å². The zero-order valence-electron chi connectivity index (χ0n) is 17.4. The second-order valence-electron chi connectivity index (χ2n) is 7.56. The number of hydrogen-bond donors (Lipinski definition) is 3. The van der Waals surface area contributed by atoms with Crippen LogP contribution in [0, 0.1) is 5.82 Å². The average molecular weight is 424 g/mol. The zero-order valence-corrected chi connectivity index (χ0v) is 17.4. The number of halogens is 1. The van der Waals surface area contributed by atoms with E-state index < -0.39 is 24.6 Å². The van der Waals surface area contributed by atoms with E-state index in [4.69, 9.17) is 10.1 Å². The number of aliphatic carboxylic acids is 1. The molecule has 0 aliphatic rings. The van der Waals surface area contributed by atoms with Crippen molar-refractivity contribution in [1.82, 2.24) is 4.98 Å². The van der Waals surface area contributed by atoms with Crippen molar-refractivity contribution in [2.45, 2.75) is 25.0 Å². The fraction of sp³-hybridized carbons (Fsp3) is 0.250. The summed E-state index contributed by atoms with van der Waals surface area (Å²) >= 11 is 0. The maximum atomic E-state index is 13.6. The van der Waals surface area contributed by atoms with Crippen LogP contribution >= 0.6 is 0 Å². The standard InChI is InChI=1S/C24H25FN2O4/c1-27(2)24-20(12-11-17(28)13-18(29)14-22(30)31)23(15-7-9-16(25)10-8-15)19-5-3-4-6-21(19)26-24/h3-12,17-18,28-29H,13-14H2,1-2H3,(H,30,31)/b12-11+/t17-,18-/m0/s1. The summed E-state index contributed by atoms with van der Waals surface area (Å²) in [6, 6.07) is 13.8. The highest BCUT2D eigenvalue weighted by molar-refractivity contribution is 6.01. The lowest BCUT2D eigenvalue weighted by atomic mass is 9.94. The van der Waals surface area contributed by atoms with E-state index in [1.165, 1.54) is 18.2 Å². The van der Waals surface area contributed by atoms with E-state index in [9.17, 15) is 19.4 Å². The van der Waals surface area contributed by atoms with Crippen molar-refractivity contribution >= 4 is 28.8 Å². The fourth-order valence-corrected chi connectivity index (χ4v) is 3.49. The number of benzene rings is 2. The Labute approximate surface area is 179 Å². The number of nitrogens with zero attached hydrogens (tertiary/aromatic N) is 2. The molecule has 31 heavy (non-hydrogen) atoms. The summed E-state index contributed by atoms with van der Waals surface area (Å²) < 4.78 is 13.6. The maximum absolute atomic E-state index is 13.6. The molecule has 3 aromatic rings. The second-order valence-corrected chi connectivity index (χ2v) is 7.56. The van der Waals surface area contributed by atoms with Crippen LogP contribution in [-0.2, 0) is 4.79 Å². The van der Waals surface area contributed by atoms with E-state index in [-0.39, 0.29) is 12.2 Å². The van der Waals surface area contributed by atoms with Crippen LogP contribution in [0.4, 0.5) is 10.2 Å². The molecule has 3 N–H and O–H groups in total. The van der Waals surface area contributed by atoms with Crippen LogP contribution in [0.5, 0.6) is 0 Å². The topological polar surface area (TPSA) is 93.9 Å². The van der Waals surface area contributed by atoms with Gasteiger partial charge >= 0.3 is 5.97 Å². The van der Waals surface area contributed by atoms with Crippen LogP contribution < -0.4 is 4.90 Å². The molecule has 0 amide bonds. The van der Waals surface area contributed by atoms with Crippen molar-refractivity contribution in [2.75, 3.05) is 19.0 Å². The number of aliphatic hydroxyl groups is 2.